The smallest absolute Gasteiger partial charge is 0.318 e. The molecule has 144 valence electrons. The SMILES string of the molecule is C=CCCOC(C)C(=O)N1CCOC(CN(CC(=O)O)S(C)(=O)=O)C1. The number of hydrogen-bond acceptors (Lipinski definition) is 6. The molecule has 0 aromatic carbocycles. The number of hydrogen-bond donors (Lipinski definition) is 1. The number of morpholine rings is 1. The molecule has 1 aliphatic heterocycles. The normalized spacial score (nSPS) is 19.6. The largest absolute Gasteiger partial charge is 0.480 e. The highest BCUT2D eigenvalue weighted by atomic mass is 32.2. The van der Waals surface area contributed by atoms with Gasteiger partial charge in [-0.2, -0.15) is 4.31 Å². The molecule has 0 spiro atoms. The number of sulfonamides is 1. The fourth-order valence-electron chi connectivity index (χ4n) is 2.38. The van der Waals surface area contributed by atoms with Gasteiger partial charge in [0.2, 0.25) is 10.0 Å². The van der Waals surface area contributed by atoms with Crippen LogP contribution in [0.2, 0.25) is 0 Å². The van der Waals surface area contributed by atoms with E-state index < -0.39 is 34.7 Å². The van der Waals surface area contributed by atoms with Crippen LogP contribution in [0.25, 0.3) is 0 Å². The minimum Gasteiger partial charge on any atom is -0.480 e. The van der Waals surface area contributed by atoms with Crippen molar-refractivity contribution in [1.29, 1.82) is 0 Å². The maximum atomic E-state index is 12.4. The van der Waals surface area contributed by atoms with Gasteiger partial charge in [-0.05, 0) is 13.3 Å². The molecule has 0 aliphatic carbocycles. The molecule has 0 aromatic heterocycles. The molecule has 1 aliphatic rings. The molecule has 10 heteroatoms. The molecule has 9 nitrogen and oxygen atoms in total. The average molecular weight is 378 g/mol. The molecule has 2 unspecified atom stereocenters. The van der Waals surface area contributed by atoms with E-state index >= 15 is 0 Å². The van der Waals surface area contributed by atoms with E-state index in [2.05, 4.69) is 6.58 Å². The topological polar surface area (TPSA) is 113 Å². The Morgan fingerprint density at radius 1 is 1.52 bits per heavy atom. The molecule has 1 amide bonds. The van der Waals surface area contributed by atoms with Crippen LogP contribution >= 0.6 is 0 Å². The van der Waals surface area contributed by atoms with Crippen molar-refractivity contribution in [2.75, 3.05) is 45.6 Å². The summed E-state index contributed by atoms with van der Waals surface area (Å²) >= 11 is 0. The summed E-state index contributed by atoms with van der Waals surface area (Å²) in [5.74, 6) is -1.46. The van der Waals surface area contributed by atoms with E-state index in [1.807, 2.05) is 0 Å². The first-order chi connectivity index (χ1) is 11.6. The Morgan fingerprint density at radius 3 is 2.76 bits per heavy atom. The van der Waals surface area contributed by atoms with Gasteiger partial charge in [-0.15, -0.1) is 6.58 Å². The first-order valence-electron chi connectivity index (χ1n) is 7.95. The summed E-state index contributed by atoms with van der Waals surface area (Å²) in [7, 11) is -3.69. The van der Waals surface area contributed by atoms with E-state index in [1.54, 1.807) is 17.9 Å². The zero-order valence-corrected chi connectivity index (χ0v) is 15.4. The molecule has 1 heterocycles. The number of aliphatic carboxylic acids is 1. The van der Waals surface area contributed by atoms with Crippen molar-refractivity contribution < 1.29 is 32.6 Å². The number of carbonyl (C=O) groups is 2. The quantitative estimate of drug-likeness (QED) is 0.404. The molecule has 1 rings (SSSR count). The molecule has 1 fully saturated rings. The summed E-state index contributed by atoms with van der Waals surface area (Å²) in [6.07, 6.45) is 2.07. The number of amides is 1. The van der Waals surface area contributed by atoms with Gasteiger partial charge in [0.15, 0.2) is 0 Å². The van der Waals surface area contributed by atoms with Crippen molar-refractivity contribution in [3.63, 3.8) is 0 Å². The number of nitrogens with zero attached hydrogens (tertiary/aromatic N) is 2. The lowest BCUT2D eigenvalue weighted by atomic mass is 10.2. The van der Waals surface area contributed by atoms with Crippen LogP contribution in [0.5, 0.6) is 0 Å². The standard InChI is InChI=1S/C15H26N2O7S/c1-4-5-7-23-12(2)15(20)16-6-8-24-13(9-16)10-17(11-14(18)19)25(3,21)22/h4,12-13H,1,5-11H2,2-3H3,(H,18,19). The Kier molecular flexibility index (Phi) is 8.50. The van der Waals surface area contributed by atoms with Gasteiger partial charge in [-0.1, -0.05) is 6.08 Å². The predicted molar refractivity (Wildman–Crippen MR) is 90.6 cm³/mol. The lowest BCUT2D eigenvalue weighted by molar-refractivity contribution is -0.150. The number of carbonyl (C=O) groups excluding carboxylic acids is 1. The Morgan fingerprint density at radius 2 is 2.20 bits per heavy atom. The van der Waals surface area contributed by atoms with Crippen molar-refractivity contribution >= 4 is 21.9 Å². The van der Waals surface area contributed by atoms with Crippen LogP contribution in [0.4, 0.5) is 0 Å². The number of carboxylic acid groups (broad SMARTS) is 1. The Bertz CT molecular complexity index is 578. The van der Waals surface area contributed by atoms with Crippen LogP contribution in [-0.4, -0.2) is 92.5 Å². The second-order valence-corrected chi connectivity index (χ2v) is 7.80. The van der Waals surface area contributed by atoms with Crippen molar-refractivity contribution in [1.82, 2.24) is 9.21 Å². The van der Waals surface area contributed by atoms with Crippen molar-refractivity contribution in [2.45, 2.75) is 25.6 Å². The van der Waals surface area contributed by atoms with E-state index in [1.165, 1.54) is 0 Å². The summed E-state index contributed by atoms with van der Waals surface area (Å²) in [6, 6.07) is 0. The van der Waals surface area contributed by atoms with E-state index in [-0.39, 0.29) is 25.6 Å². The van der Waals surface area contributed by atoms with Gasteiger partial charge in [0, 0.05) is 19.6 Å². The van der Waals surface area contributed by atoms with Gasteiger partial charge in [0.25, 0.3) is 5.91 Å². The number of rotatable bonds is 10. The van der Waals surface area contributed by atoms with Crippen LogP contribution in [0.3, 0.4) is 0 Å². The predicted octanol–water partition coefficient (Wildman–Crippen LogP) is -0.459. The third-order valence-electron chi connectivity index (χ3n) is 3.68. The monoisotopic (exact) mass is 378 g/mol. The highest BCUT2D eigenvalue weighted by molar-refractivity contribution is 7.88. The minimum atomic E-state index is -3.69. The second-order valence-electron chi connectivity index (χ2n) is 5.82. The number of ether oxygens (including phenoxy) is 2. The minimum absolute atomic E-state index is 0.124. The van der Waals surface area contributed by atoms with Gasteiger partial charge in [0.1, 0.15) is 12.6 Å². The molecule has 1 N–H and O–H groups in total. The maximum absolute atomic E-state index is 12.4. The van der Waals surface area contributed by atoms with Gasteiger partial charge in [0.05, 0.1) is 25.6 Å². The van der Waals surface area contributed by atoms with E-state index in [0.29, 0.717) is 19.6 Å². The molecule has 1 saturated heterocycles. The molecule has 25 heavy (non-hydrogen) atoms. The summed E-state index contributed by atoms with van der Waals surface area (Å²) in [4.78, 5) is 24.8. The first-order valence-corrected chi connectivity index (χ1v) is 9.79. The summed E-state index contributed by atoms with van der Waals surface area (Å²) in [6.45, 7) is 5.67. The number of carboxylic acids is 1. The molecule has 2 atom stereocenters. The average Bonchev–Trinajstić information content (AvgIpc) is 2.52. The summed E-state index contributed by atoms with van der Waals surface area (Å²) in [5, 5.41) is 8.86. The molecular weight excluding hydrogens is 352 g/mol. The van der Waals surface area contributed by atoms with Crippen LogP contribution in [-0.2, 0) is 29.1 Å². The van der Waals surface area contributed by atoms with E-state index in [0.717, 1.165) is 10.6 Å². The van der Waals surface area contributed by atoms with Crippen LogP contribution in [0.1, 0.15) is 13.3 Å². The van der Waals surface area contributed by atoms with Crippen LogP contribution in [0, 0.1) is 0 Å². The first kappa shape index (κ1) is 21.6. The van der Waals surface area contributed by atoms with E-state index in [4.69, 9.17) is 14.6 Å². The molecule has 0 saturated carbocycles. The zero-order valence-electron chi connectivity index (χ0n) is 14.6. The van der Waals surface area contributed by atoms with Crippen molar-refractivity contribution in [3.8, 4) is 0 Å². The van der Waals surface area contributed by atoms with Gasteiger partial charge < -0.3 is 19.5 Å². The molecular formula is C15H26N2O7S. The summed E-state index contributed by atoms with van der Waals surface area (Å²) < 4.78 is 35.2. The molecule has 0 radical (unpaired) electrons. The lowest BCUT2D eigenvalue weighted by Crippen LogP contribution is -2.53. The van der Waals surface area contributed by atoms with Gasteiger partial charge in [-0.3, -0.25) is 9.59 Å². The maximum Gasteiger partial charge on any atom is 0.318 e. The molecule has 0 bridgehead atoms. The zero-order chi connectivity index (χ0) is 19.0. The van der Waals surface area contributed by atoms with E-state index in [9.17, 15) is 18.0 Å². The van der Waals surface area contributed by atoms with Gasteiger partial charge >= 0.3 is 5.97 Å². The Hall–Kier alpha value is -1.49. The van der Waals surface area contributed by atoms with Crippen molar-refractivity contribution in [2.24, 2.45) is 0 Å². The highest BCUT2D eigenvalue weighted by Crippen LogP contribution is 2.12. The highest BCUT2D eigenvalue weighted by Gasteiger charge is 2.31. The van der Waals surface area contributed by atoms with Crippen molar-refractivity contribution in [3.05, 3.63) is 12.7 Å². The molecule has 0 aromatic rings. The third-order valence-corrected chi connectivity index (χ3v) is 4.89. The third kappa shape index (κ3) is 7.51. The van der Waals surface area contributed by atoms with Crippen LogP contribution < -0.4 is 0 Å². The Balaban J connectivity index is 2.64. The van der Waals surface area contributed by atoms with Crippen LogP contribution in [0.15, 0.2) is 12.7 Å². The van der Waals surface area contributed by atoms with Gasteiger partial charge in [-0.25, -0.2) is 8.42 Å². The Labute approximate surface area is 148 Å². The summed E-state index contributed by atoms with van der Waals surface area (Å²) in [5.41, 5.74) is 0. The fourth-order valence-corrected chi connectivity index (χ4v) is 3.16. The fraction of sp³-hybridized carbons (Fsp3) is 0.733. The second kappa shape index (κ2) is 9.85. The lowest BCUT2D eigenvalue weighted by Gasteiger charge is -2.35.